The molecule has 0 radical (unpaired) electrons. The molecule has 0 bridgehead atoms. The number of imidazole rings is 1. The molecule has 0 aliphatic rings. The lowest BCUT2D eigenvalue weighted by molar-refractivity contribution is 0.627. The molecule has 7 nitrogen and oxygen atoms in total. The minimum Gasteiger partial charge on any atom is -0.337 e. The smallest absolute Gasteiger partial charge is 0.180 e. The lowest BCUT2D eigenvalue weighted by atomic mass is 9.97. The summed E-state index contributed by atoms with van der Waals surface area (Å²) >= 11 is 0. The minimum atomic E-state index is -0.218. The summed E-state index contributed by atoms with van der Waals surface area (Å²) in [7, 11) is 5.64. The van der Waals surface area contributed by atoms with E-state index in [9.17, 15) is 4.39 Å². The van der Waals surface area contributed by atoms with Gasteiger partial charge >= 0.3 is 0 Å². The van der Waals surface area contributed by atoms with Crippen LogP contribution in [0.2, 0.25) is 0 Å². The fourth-order valence-electron chi connectivity index (χ4n) is 3.95. The van der Waals surface area contributed by atoms with Crippen LogP contribution in [0.5, 0.6) is 0 Å². The molecule has 0 fully saturated rings. The maximum atomic E-state index is 13.3. The van der Waals surface area contributed by atoms with Gasteiger partial charge in [-0.2, -0.15) is 5.10 Å². The summed E-state index contributed by atoms with van der Waals surface area (Å²) in [5, 5.41) is 10.4. The summed E-state index contributed by atoms with van der Waals surface area (Å²) < 4.78 is 17.1. The predicted molar refractivity (Wildman–Crippen MR) is 138 cm³/mol. The number of nitrogens with one attached hydrogen (secondary N) is 2. The second kappa shape index (κ2) is 10.9. The molecule has 0 unspecified atom stereocenters. The third-order valence-corrected chi connectivity index (χ3v) is 5.59. The van der Waals surface area contributed by atoms with E-state index in [0.717, 1.165) is 41.0 Å². The van der Waals surface area contributed by atoms with Crippen LogP contribution in [0.3, 0.4) is 0 Å². The molecule has 5 rings (SSSR count). The minimum absolute atomic E-state index is 0.218. The van der Waals surface area contributed by atoms with Gasteiger partial charge in [-0.05, 0) is 67.9 Å². The van der Waals surface area contributed by atoms with Gasteiger partial charge in [0, 0.05) is 36.9 Å². The second-order valence-electron chi connectivity index (χ2n) is 8.28. The first-order chi connectivity index (χ1) is 17.0. The van der Waals surface area contributed by atoms with Crippen molar-refractivity contribution in [2.45, 2.75) is 19.8 Å². The molecule has 0 aliphatic carbocycles. The maximum Gasteiger partial charge on any atom is 0.180 e. The standard InChI is InChI=1S/C25H23FN6.C2H7N/c1-3-18-6-9-22(13-19(18)12-17-4-7-21(26)8-5-17)30-24-25-28-15-23(32(25)11-10-27-24)20-14-29-31(2)16-20;1-3-2/h4-11,13-16H,3,12H2,1-2H3,(H,27,30);3H,1-2H3. The monoisotopic (exact) mass is 471 g/mol. The second-order valence-corrected chi connectivity index (χ2v) is 8.28. The highest BCUT2D eigenvalue weighted by Crippen LogP contribution is 2.27. The third kappa shape index (κ3) is 5.55. The highest BCUT2D eigenvalue weighted by Gasteiger charge is 2.12. The van der Waals surface area contributed by atoms with Gasteiger partial charge in [0.2, 0.25) is 0 Å². The van der Waals surface area contributed by atoms with E-state index in [4.69, 9.17) is 0 Å². The normalized spacial score (nSPS) is 10.8. The molecular formula is C27H30FN7. The fourth-order valence-corrected chi connectivity index (χ4v) is 3.95. The Balaban J connectivity index is 0.000000917. The zero-order valence-corrected chi connectivity index (χ0v) is 20.5. The highest BCUT2D eigenvalue weighted by molar-refractivity contribution is 5.74. The number of nitrogens with zero attached hydrogens (tertiary/aromatic N) is 5. The van der Waals surface area contributed by atoms with Crippen molar-refractivity contribution in [1.29, 1.82) is 0 Å². The Morgan fingerprint density at radius 2 is 1.74 bits per heavy atom. The Morgan fingerprint density at radius 3 is 2.43 bits per heavy atom. The first kappa shape index (κ1) is 24.1. The number of hydrogen-bond donors (Lipinski definition) is 2. The average molecular weight is 472 g/mol. The van der Waals surface area contributed by atoms with Crippen LogP contribution in [0.4, 0.5) is 15.9 Å². The summed E-state index contributed by atoms with van der Waals surface area (Å²) in [5.74, 6) is 0.462. The van der Waals surface area contributed by atoms with E-state index in [1.54, 1.807) is 10.9 Å². The lowest BCUT2D eigenvalue weighted by Gasteiger charge is -2.13. The van der Waals surface area contributed by atoms with E-state index in [1.165, 1.54) is 23.3 Å². The van der Waals surface area contributed by atoms with Crippen LogP contribution in [-0.4, -0.2) is 38.2 Å². The molecule has 35 heavy (non-hydrogen) atoms. The Hall–Kier alpha value is -4.04. The largest absolute Gasteiger partial charge is 0.337 e. The summed E-state index contributed by atoms with van der Waals surface area (Å²) in [6.07, 6.45) is 10.9. The van der Waals surface area contributed by atoms with Crippen LogP contribution in [0.15, 0.2) is 73.4 Å². The van der Waals surface area contributed by atoms with Crippen molar-refractivity contribution in [1.82, 2.24) is 29.5 Å². The van der Waals surface area contributed by atoms with Gasteiger partial charge in [-0.15, -0.1) is 0 Å². The number of halogens is 1. The molecule has 0 aliphatic heterocycles. The number of benzene rings is 2. The Morgan fingerprint density at radius 1 is 0.971 bits per heavy atom. The van der Waals surface area contributed by atoms with E-state index in [0.29, 0.717) is 5.82 Å². The van der Waals surface area contributed by atoms with E-state index in [-0.39, 0.29) is 5.82 Å². The molecule has 0 atom stereocenters. The molecule has 0 amide bonds. The van der Waals surface area contributed by atoms with Crippen LogP contribution in [-0.2, 0) is 19.9 Å². The fraction of sp³-hybridized carbons (Fsp3) is 0.222. The number of rotatable bonds is 6. The van der Waals surface area contributed by atoms with Crippen molar-refractivity contribution in [3.05, 3.63) is 96.0 Å². The van der Waals surface area contributed by atoms with Crippen molar-refractivity contribution in [3.8, 4) is 11.3 Å². The molecule has 2 N–H and O–H groups in total. The van der Waals surface area contributed by atoms with Crippen LogP contribution >= 0.6 is 0 Å². The quantitative estimate of drug-likeness (QED) is 0.365. The lowest BCUT2D eigenvalue weighted by Crippen LogP contribution is -2.01. The van der Waals surface area contributed by atoms with Gasteiger partial charge in [-0.1, -0.05) is 25.1 Å². The molecule has 2 aromatic carbocycles. The zero-order valence-electron chi connectivity index (χ0n) is 20.5. The molecular weight excluding hydrogens is 441 g/mol. The summed E-state index contributed by atoms with van der Waals surface area (Å²) in [6.45, 7) is 2.14. The Kier molecular flexibility index (Phi) is 7.52. The van der Waals surface area contributed by atoms with E-state index in [1.807, 2.05) is 62.5 Å². The summed E-state index contributed by atoms with van der Waals surface area (Å²) in [6, 6.07) is 13.0. The zero-order chi connectivity index (χ0) is 24.8. The summed E-state index contributed by atoms with van der Waals surface area (Å²) in [4.78, 5) is 9.12. The molecule has 3 aromatic heterocycles. The van der Waals surface area contributed by atoms with Crippen molar-refractivity contribution < 1.29 is 4.39 Å². The van der Waals surface area contributed by atoms with Gasteiger partial charge in [0.25, 0.3) is 0 Å². The van der Waals surface area contributed by atoms with Crippen LogP contribution in [0, 0.1) is 5.82 Å². The first-order valence-corrected chi connectivity index (χ1v) is 11.5. The van der Waals surface area contributed by atoms with Gasteiger partial charge in [0.1, 0.15) is 5.82 Å². The van der Waals surface area contributed by atoms with Crippen LogP contribution in [0.1, 0.15) is 23.6 Å². The molecule has 180 valence electrons. The Labute approximate surface area is 204 Å². The van der Waals surface area contributed by atoms with Crippen molar-refractivity contribution in [3.63, 3.8) is 0 Å². The molecule has 0 spiro atoms. The van der Waals surface area contributed by atoms with Gasteiger partial charge in [-0.25, -0.2) is 14.4 Å². The predicted octanol–water partition coefficient (Wildman–Crippen LogP) is 5.00. The van der Waals surface area contributed by atoms with Gasteiger partial charge in [0.15, 0.2) is 11.5 Å². The van der Waals surface area contributed by atoms with E-state index >= 15 is 0 Å². The van der Waals surface area contributed by atoms with E-state index < -0.39 is 0 Å². The number of fused-ring (bicyclic) bond motifs is 1. The van der Waals surface area contributed by atoms with Crippen LogP contribution in [0.25, 0.3) is 16.9 Å². The maximum absolute atomic E-state index is 13.3. The number of hydrogen-bond acceptors (Lipinski definition) is 5. The van der Waals surface area contributed by atoms with Gasteiger partial charge in [0.05, 0.1) is 18.1 Å². The van der Waals surface area contributed by atoms with Crippen molar-refractivity contribution in [2.24, 2.45) is 7.05 Å². The number of aryl methyl sites for hydroxylation is 2. The van der Waals surface area contributed by atoms with Gasteiger partial charge < -0.3 is 10.6 Å². The molecule has 8 heteroatoms. The number of anilines is 2. The summed E-state index contributed by atoms with van der Waals surface area (Å²) in [5.41, 5.74) is 7.17. The molecule has 3 heterocycles. The Bertz CT molecular complexity index is 1400. The van der Waals surface area contributed by atoms with Gasteiger partial charge in [-0.3, -0.25) is 9.08 Å². The topological polar surface area (TPSA) is 72.1 Å². The first-order valence-electron chi connectivity index (χ1n) is 11.5. The number of aromatic nitrogens is 5. The highest BCUT2D eigenvalue weighted by atomic mass is 19.1. The molecule has 0 saturated heterocycles. The van der Waals surface area contributed by atoms with Crippen LogP contribution < -0.4 is 10.6 Å². The van der Waals surface area contributed by atoms with E-state index in [2.05, 4.69) is 50.8 Å². The third-order valence-electron chi connectivity index (χ3n) is 5.59. The van der Waals surface area contributed by atoms with Crippen molar-refractivity contribution in [2.75, 3.05) is 19.4 Å². The SMILES string of the molecule is CCc1ccc(Nc2nccn3c(-c4cnn(C)c4)cnc23)cc1Cc1ccc(F)cc1.CNC. The van der Waals surface area contributed by atoms with Crippen molar-refractivity contribution >= 4 is 17.2 Å². The molecule has 5 aromatic rings. The molecule has 0 saturated carbocycles. The average Bonchev–Trinajstić information content (AvgIpc) is 3.48.